The third-order valence-electron chi connectivity index (χ3n) is 13.5. The summed E-state index contributed by atoms with van der Waals surface area (Å²) in [7, 11) is 1.50. The van der Waals surface area contributed by atoms with E-state index in [0.29, 0.717) is 89.0 Å². The number of nitro groups is 1. The zero-order valence-corrected chi connectivity index (χ0v) is 39.0. The van der Waals surface area contributed by atoms with E-state index in [4.69, 9.17) is 38.4 Å². The number of rotatable bonds is 23. The highest BCUT2D eigenvalue weighted by molar-refractivity contribution is 6.03. The van der Waals surface area contributed by atoms with Crippen LogP contribution in [0, 0.1) is 27.9 Å². The molecule has 4 aliphatic rings. The summed E-state index contributed by atoms with van der Waals surface area (Å²) >= 11 is 0. The van der Waals surface area contributed by atoms with Crippen molar-refractivity contribution in [2.45, 2.75) is 82.6 Å². The lowest BCUT2D eigenvalue weighted by molar-refractivity contribution is -0.384. The molecule has 1 saturated carbocycles. The number of unbranched alkanes of at least 4 members (excludes halogenated alkanes) is 2. The molecule has 0 bridgehead atoms. The molecule has 0 saturated heterocycles. The Hall–Kier alpha value is -6.75. The lowest BCUT2D eigenvalue weighted by Crippen LogP contribution is -2.70. The Labute approximate surface area is 401 Å². The van der Waals surface area contributed by atoms with E-state index in [9.17, 15) is 25.1 Å². The second-order valence-electron chi connectivity index (χ2n) is 17.7. The number of benzene rings is 4. The normalized spacial score (nSPS) is 22.3. The van der Waals surface area contributed by atoms with Gasteiger partial charge in [-0.1, -0.05) is 37.1 Å². The number of amides is 1. The predicted octanol–water partition coefficient (Wildman–Crippen LogP) is 9.32. The molecule has 0 radical (unpaired) electrons. The van der Waals surface area contributed by atoms with Gasteiger partial charge < -0.3 is 48.4 Å². The molecule has 1 amide bonds. The summed E-state index contributed by atoms with van der Waals surface area (Å²) < 4.78 is 37.7. The molecule has 8 rings (SSSR count). The number of aliphatic hydroxyl groups is 2. The smallest absolute Gasteiger partial charge is 0.269 e. The fourth-order valence-electron chi connectivity index (χ4n) is 10.4. The molecule has 2 heterocycles. The van der Waals surface area contributed by atoms with Crippen molar-refractivity contribution < 1.29 is 58.0 Å². The van der Waals surface area contributed by atoms with Crippen molar-refractivity contribution in [3.05, 3.63) is 136 Å². The van der Waals surface area contributed by atoms with Crippen LogP contribution < -0.4 is 23.7 Å². The summed E-state index contributed by atoms with van der Waals surface area (Å²) in [5, 5.41) is 36.4. The minimum atomic E-state index is -1.52. The molecule has 16 heteroatoms. The van der Waals surface area contributed by atoms with Crippen molar-refractivity contribution in [2.75, 3.05) is 40.3 Å². The summed E-state index contributed by atoms with van der Waals surface area (Å²) in [5.41, 5.74) is 3.63. The van der Waals surface area contributed by atoms with Crippen molar-refractivity contribution in [1.82, 2.24) is 4.90 Å². The van der Waals surface area contributed by atoms with Crippen LogP contribution in [0.25, 0.3) is 0 Å². The summed E-state index contributed by atoms with van der Waals surface area (Å²) in [5.74, 6) is 0.0897. The van der Waals surface area contributed by atoms with E-state index >= 15 is 4.79 Å². The number of nitrogens with zero attached hydrogens (tertiary/aromatic N) is 3. The van der Waals surface area contributed by atoms with E-state index in [2.05, 4.69) is 12.7 Å². The maximum atomic E-state index is 15.2. The number of hydrogen-bond acceptors (Lipinski definition) is 14. The molecule has 0 spiro atoms. The highest BCUT2D eigenvalue weighted by Gasteiger charge is 2.65. The van der Waals surface area contributed by atoms with E-state index in [1.54, 1.807) is 54.6 Å². The van der Waals surface area contributed by atoms with Crippen LogP contribution in [-0.4, -0.2) is 90.0 Å². The first-order valence-electron chi connectivity index (χ1n) is 23.6. The largest absolute Gasteiger partial charge is 0.496 e. The predicted molar refractivity (Wildman–Crippen MR) is 255 cm³/mol. The Bertz CT molecular complexity index is 2560. The second kappa shape index (κ2) is 22.1. The molecule has 6 atom stereocenters. The molecule has 6 unspecified atom stereocenters. The molecule has 2 aliphatic heterocycles. The van der Waals surface area contributed by atoms with Gasteiger partial charge >= 0.3 is 0 Å². The zero-order chi connectivity index (χ0) is 48.5. The molecule has 16 nitrogen and oxygen atoms in total. The van der Waals surface area contributed by atoms with Crippen molar-refractivity contribution >= 4 is 23.6 Å². The van der Waals surface area contributed by atoms with Crippen LogP contribution >= 0.6 is 0 Å². The number of non-ortho nitro benzene ring substituents is 1. The molecule has 2 aliphatic carbocycles. The van der Waals surface area contributed by atoms with Gasteiger partial charge in [0.1, 0.15) is 35.6 Å². The average molecular weight is 946 g/mol. The Morgan fingerprint density at radius 3 is 2.42 bits per heavy atom. The van der Waals surface area contributed by atoms with Crippen LogP contribution in [0.3, 0.4) is 0 Å². The Morgan fingerprint density at radius 2 is 1.70 bits per heavy atom. The number of methoxy groups -OCH3 is 1. The van der Waals surface area contributed by atoms with Crippen molar-refractivity contribution in [3.63, 3.8) is 0 Å². The Morgan fingerprint density at radius 1 is 0.957 bits per heavy atom. The minimum absolute atomic E-state index is 0.0152. The maximum Gasteiger partial charge on any atom is 0.269 e. The van der Waals surface area contributed by atoms with Gasteiger partial charge in [0.25, 0.3) is 11.6 Å². The first-order chi connectivity index (χ1) is 33.7. The Kier molecular flexibility index (Phi) is 15.6. The molecule has 0 aromatic heterocycles. The number of aldehydes is 1. The number of allylic oxidation sites excluding steroid dienone is 1. The van der Waals surface area contributed by atoms with Gasteiger partial charge in [0.05, 0.1) is 35.8 Å². The highest BCUT2D eigenvalue weighted by atomic mass is 16.7. The molecular weight excluding hydrogens is 887 g/mol. The molecule has 364 valence electrons. The third-order valence-corrected chi connectivity index (χ3v) is 13.5. The van der Waals surface area contributed by atoms with Gasteiger partial charge in [0.15, 0.2) is 17.8 Å². The van der Waals surface area contributed by atoms with Gasteiger partial charge in [-0.2, -0.15) is 0 Å². The number of hydrogen-bond donors (Lipinski definition) is 2. The van der Waals surface area contributed by atoms with Gasteiger partial charge in [-0.05, 0) is 122 Å². The molecule has 4 aromatic carbocycles. The topological polar surface area (TPSA) is 198 Å². The van der Waals surface area contributed by atoms with Crippen LogP contribution in [0.2, 0.25) is 0 Å². The summed E-state index contributed by atoms with van der Waals surface area (Å²) in [6.45, 7) is 6.59. The quantitative estimate of drug-likeness (QED) is 0.0235. The van der Waals surface area contributed by atoms with E-state index in [1.807, 2.05) is 30.0 Å². The molecule has 2 N–H and O–H groups in total. The van der Waals surface area contributed by atoms with E-state index in [0.717, 1.165) is 36.8 Å². The van der Waals surface area contributed by atoms with Gasteiger partial charge in [-0.3, -0.25) is 19.7 Å². The minimum Gasteiger partial charge on any atom is -0.496 e. The second-order valence-corrected chi connectivity index (χ2v) is 17.7. The third kappa shape index (κ3) is 10.2. The summed E-state index contributed by atoms with van der Waals surface area (Å²) in [6, 6.07) is 21.1. The van der Waals surface area contributed by atoms with Crippen LogP contribution in [0.4, 0.5) is 5.69 Å². The van der Waals surface area contributed by atoms with Gasteiger partial charge in [0.2, 0.25) is 12.6 Å². The molecule has 69 heavy (non-hydrogen) atoms. The number of carbonyl (C=O) groups is 2. The van der Waals surface area contributed by atoms with Crippen LogP contribution in [0.15, 0.2) is 108 Å². The standard InChI is InChI=1S/C53H59N3O13/c1-4-22-55(52(60)36-14-19-47-48(28-36)65-33-64-47)49-30-44(54-67-32-34-12-15-38(16-13-34)56(61)62)42-27-35(10-6-8-23-57)41(11-7-9-24-58)50-43-29-40(68-39-17-20-45(63-3)37(26-39)31-59)18-21-46(43)69-53(49,51(42)50)66-25-5-2/h5,12-21,26-29,31,35,41,49-51,57-58H,2,4,6-11,22-25,30,32-33H2,1,3H3. The number of fused-ring (bicyclic) bond motifs is 3. The number of carbonyl (C=O) groups excluding carboxylic acids is 2. The number of oxime groups is 1. The average Bonchev–Trinajstić information content (AvgIpc) is 3.85. The zero-order valence-electron chi connectivity index (χ0n) is 39.0. The maximum absolute atomic E-state index is 15.2. The monoisotopic (exact) mass is 945 g/mol. The van der Waals surface area contributed by atoms with Gasteiger partial charge in [0, 0.05) is 55.4 Å². The van der Waals surface area contributed by atoms with Crippen molar-refractivity contribution in [3.8, 4) is 34.5 Å². The first-order valence-corrected chi connectivity index (χ1v) is 23.6. The summed E-state index contributed by atoms with van der Waals surface area (Å²) in [6.07, 6.45) is 9.55. The summed E-state index contributed by atoms with van der Waals surface area (Å²) in [4.78, 5) is 46.2. The molecule has 1 fully saturated rings. The number of ether oxygens (including phenoxy) is 6. The fraction of sp³-hybridized carbons (Fsp3) is 0.415. The number of aliphatic hydroxyl groups excluding tert-OH is 2. The van der Waals surface area contributed by atoms with Crippen LogP contribution in [-0.2, 0) is 16.2 Å². The molecular formula is C53H59N3O13. The molecule has 4 aromatic rings. The first kappa shape index (κ1) is 48.7. The van der Waals surface area contributed by atoms with Gasteiger partial charge in [-0.25, -0.2) is 0 Å². The number of nitro benzene ring substituents is 1. The highest BCUT2D eigenvalue weighted by Crippen LogP contribution is 2.62. The van der Waals surface area contributed by atoms with Crippen LogP contribution in [0.1, 0.15) is 96.1 Å². The van der Waals surface area contributed by atoms with Crippen molar-refractivity contribution in [1.29, 1.82) is 0 Å². The van der Waals surface area contributed by atoms with Crippen molar-refractivity contribution in [2.24, 2.45) is 22.9 Å². The van der Waals surface area contributed by atoms with Gasteiger partial charge in [-0.15, -0.1) is 6.58 Å². The van der Waals surface area contributed by atoms with E-state index in [-0.39, 0.29) is 69.0 Å². The van der Waals surface area contributed by atoms with Crippen LogP contribution in [0.5, 0.6) is 34.5 Å². The Balaban J connectivity index is 1.32. The lowest BCUT2D eigenvalue weighted by atomic mass is 9.55. The SMILES string of the molecule is C=CCOC12Oc3ccc(Oc4ccc(OC)c(C=O)c4)cc3C3C(CCCCO)C(CCCCO)C=C(C(=NOCc4ccc([N+](=O)[O-])cc4)CC1N(CCC)C(=O)c1ccc4c(c1)OCO4)C32. The lowest BCUT2D eigenvalue weighted by Gasteiger charge is -2.60. The fourth-order valence-corrected chi connectivity index (χ4v) is 10.4. The van der Waals surface area contributed by atoms with E-state index in [1.165, 1.54) is 19.2 Å². The van der Waals surface area contributed by atoms with E-state index < -0.39 is 22.7 Å².